The highest BCUT2D eigenvalue weighted by molar-refractivity contribution is 6.09. The molecule has 0 atom stereocenters. The van der Waals surface area contributed by atoms with Crippen LogP contribution in [0.15, 0.2) is 188 Å². The highest BCUT2D eigenvalue weighted by atomic mass is 15.1. The molecular weight excluding hydrogens is 713 g/mol. The molecule has 0 spiro atoms. The molecule has 0 saturated carbocycles. The molecule has 8 aromatic carbocycles. The first-order valence-corrected chi connectivity index (χ1v) is 21.2. The number of fused-ring (bicyclic) bond motifs is 6. The summed E-state index contributed by atoms with van der Waals surface area (Å²) in [4.78, 5) is 2.45. The van der Waals surface area contributed by atoms with E-state index < -0.39 is 0 Å². The molecule has 0 N–H and O–H groups in total. The zero-order chi connectivity index (χ0) is 40.3. The number of rotatable bonds is 8. The van der Waals surface area contributed by atoms with Gasteiger partial charge < -0.3 is 9.47 Å². The Balaban J connectivity index is 1.10. The van der Waals surface area contributed by atoms with E-state index in [2.05, 4.69) is 232 Å². The Bertz CT molecular complexity index is 2920. The van der Waals surface area contributed by atoms with Gasteiger partial charge in [-0.1, -0.05) is 162 Å². The van der Waals surface area contributed by atoms with E-state index in [-0.39, 0.29) is 10.8 Å². The van der Waals surface area contributed by atoms with Crippen molar-refractivity contribution in [2.45, 2.75) is 58.3 Å². The van der Waals surface area contributed by atoms with Crippen molar-refractivity contribution in [3.8, 4) is 39.1 Å². The first-order valence-electron chi connectivity index (χ1n) is 21.2. The number of benzene rings is 8. The summed E-state index contributed by atoms with van der Waals surface area (Å²) in [6.07, 6.45) is 2.03. The van der Waals surface area contributed by atoms with Gasteiger partial charge in [0.05, 0.1) is 11.0 Å². The zero-order valence-electron chi connectivity index (χ0n) is 34.7. The van der Waals surface area contributed by atoms with E-state index in [9.17, 15) is 0 Å². The Morgan fingerprint density at radius 3 is 1.49 bits per heavy atom. The molecule has 10 rings (SSSR count). The molecule has 1 heterocycles. The van der Waals surface area contributed by atoms with E-state index in [0.29, 0.717) is 0 Å². The van der Waals surface area contributed by atoms with Gasteiger partial charge in [0.2, 0.25) is 0 Å². The molecule has 1 aliphatic rings. The number of hydrogen-bond donors (Lipinski definition) is 0. The molecule has 1 aromatic heterocycles. The van der Waals surface area contributed by atoms with Crippen LogP contribution in [0.4, 0.5) is 17.1 Å². The average Bonchev–Trinajstić information content (AvgIpc) is 3.76. The molecule has 0 unspecified atom stereocenters. The van der Waals surface area contributed by atoms with E-state index in [1.165, 1.54) is 83.3 Å². The summed E-state index contributed by atoms with van der Waals surface area (Å²) in [6.45, 7) is 11.6. The van der Waals surface area contributed by atoms with Gasteiger partial charge in [-0.3, -0.25) is 0 Å². The number of hydrogen-bond acceptors (Lipinski definition) is 1. The molecule has 2 nitrogen and oxygen atoms in total. The van der Waals surface area contributed by atoms with Gasteiger partial charge >= 0.3 is 0 Å². The topological polar surface area (TPSA) is 8.17 Å². The number of anilines is 3. The van der Waals surface area contributed by atoms with Crippen molar-refractivity contribution in [3.63, 3.8) is 0 Å². The van der Waals surface area contributed by atoms with Gasteiger partial charge in [0.1, 0.15) is 0 Å². The standard InChI is InChI=1S/C57H50N2/c1-6-57(7-2)52-37-44(33-35-48(52)49-36-34-45(38-53(49)57)59-54-23-15-13-21-50(54)51-22-14-16-24-55(51)59)58(43-31-27-41(28-32-43)56(3,4)5)42-29-25-40(26-30-42)47-20-12-11-19-46(47)39-17-9-8-10-18-39/h8-38H,6-7H2,1-5H3. The fraction of sp³-hybridized carbons (Fsp3) is 0.158. The van der Waals surface area contributed by atoms with Crippen molar-refractivity contribution in [2.75, 3.05) is 4.90 Å². The number of para-hydroxylation sites is 2. The lowest BCUT2D eigenvalue weighted by Crippen LogP contribution is -2.23. The molecule has 59 heavy (non-hydrogen) atoms. The fourth-order valence-corrected chi connectivity index (χ4v) is 9.91. The lowest BCUT2D eigenvalue weighted by atomic mass is 9.73. The van der Waals surface area contributed by atoms with Crippen molar-refractivity contribution in [2.24, 2.45) is 0 Å². The Kier molecular flexibility index (Phi) is 8.91. The molecule has 9 aromatic rings. The minimum absolute atomic E-state index is 0.0659. The van der Waals surface area contributed by atoms with Crippen LogP contribution in [0.3, 0.4) is 0 Å². The van der Waals surface area contributed by atoms with Crippen LogP contribution in [0, 0.1) is 0 Å². The van der Waals surface area contributed by atoms with Crippen LogP contribution in [0.25, 0.3) is 60.9 Å². The normalized spacial score (nSPS) is 13.1. The predicted molar refractivity (Wildman–Crippen MR) is 252 cm³/mol. The summed E-state index contributed by atoms with van der Waals surface area (Å²) in [7, 11) is 0. The second-order valence-corrected chi connectivity index (χ2v) is 17.2. The van der Waals surface area contributed by atoms with Crippen LogP contribution in [-0.4, -0.2) is 4.57 Å². The summed E-state index contributed by atoms with van der Waals surface area (Å²) in [5.41, 5.74) is 18.9. The minimum Gasteiger partial charge on any atom is -0.310 e. The Hall–Kier alpha value is -6.64. The Morgan fingerprint density at radius 2 is 0.915 bits per heavy atom. The van der Waals surface area contributed by atoms with E-state index >= 15 is 0 Å². The van der Waals surface area contributed by atoms with Gasteiger partial charge in [-0.05, 0) is 129 Å². The van der Waals surface area contributed by atoms with E-state index in [0.717, 1.165) is 24.2 Å². The zero-order valence-corrected chi connectivity index (χ0v) is 34.7. The maximum Gasteiger partial charge on any atom is 0.0541 e. The monoisotopic (exact) mass is 762 g/mol. The maximum atomic E-state index is 2.50. The minimum atomic E-state index is -0.123. The Morgan fingerprint density at radius 1 is 0.441 bits per heavy atom. The largest absolute Gasteiger partial charge is 0.310 e. The molecule has 0 fully saturated rings. The van der Waals surface area contributed by atoms with Crippen molar-refractivity contribution >= 4 is 38.9 Å². The highest BCUT2D eigenvalue weighted by Crippen LogP contribution is 2.55. The third-order valence-electron chi connectivity index (χ3n) is 13.1. The van der Waals surface area contributed by atoms with Gasteiger partial charge in [0.25, 0.3) is 0 Å². The van der Waals surface area contributed by atoms with Crippen molar-refractivity contribution < 1.29 is 0 Å². The smallest absolute Gasteiger partial charge is 0.0541 e. The number of nitrogens with zero attached hydrogens (tertiary/aromatic N) is 2. The molecular formula is C57H50N2. The first kappa shape index (κ1) is 36.7. The molecule has 0 bridgehead atoms. The predicted octanol–water partition coefficient (Wildman–Crippen LogP) is 16.0. The molecule has 0 aliphatic heterocycles. The second-order valence-electron chi connectivity index (χ2n) is 17.2. The van der Waals surface area contributed by atoms with Crippen LogP contribution in [0.1, 0.15) is 64.2 Å². The van der Waals surface area contributed by atoms with Gasteiger partial charge in [-0.25, -0.2) is 0 Å². The van der Waals surface area contributed by atoms with E-state index in [1.807, 2.05) is 0 Å². The highest BCUT2D eigenvalue weighted by Gasteiger charge is 2.41. The van der Waals surface area contributed by atoms with Crippen molar-refractivity contribution in [3.05, 3.63) is 205 Å². The van der Waals surface area contributed by atoms with E-state index in [4.69, 9.17) is 0 Å². The summed E-state index contributed by atoms with van der Waals surface area (Å²) >= 11 is 0. The fourth-order valence-electron chi connectivity index (χ4n) is 9.91. The van der Waals surface area contributed by atoms with Crippen molar-refractivity contribution in [1.29, 1.82) is 0 Å². The second kappa shape index (κ2) is 14.3. The summed E-state index contributed by atoms with van der Waals surface area (Å²) in [6, 6.07) is 69.9. The molecule has 0 amide bonds. The van der Waals surface area contributed by atoms with Crippen LogP contribution in [0.2, 0.25) is 0 Å². The van der Waals surface area contributed by atoms with Gasteiger partial charge in [-0.2, -0.15) is 0 Å². The third-order valence-corrected chi connectivity index (χ3v) is 13.1. The summed E-state index contributed by atoms with van der Waals surface area (Å²) in [5, 5.41) is 2.58. The Labute approximate surface area is 349 Å². The molecule has 1 aliphatic carbocycles. The number of aromatic nitrogens is 1. The maximum absolute atomic E-state index is 2.50. The summed E-state index contributed by atoms with van der Waals surface area (Å²) < 4.78 is 2.46. The van der Waals surface area contributed by atoms with Gasteiger partial charge in [0.15, 0.2) is 0 Å². The molecule has 0 saturated heterocycles. The summed E-state index contributed by atoms with van der Waals surface area (Å²) in [5.74, 6) is 0. The van der Waals surface area contributed by atoms with Crippen molar-refractivity contribution in [1.82, 2.24) is 4.57 Å². The lowest BCUT2D eigenvalue weighted by Gasteiger charge is -2.32. The first-order chi connectivity index (χ1) is 28.8. The lowest BCUT2D eigenvalue weighted by molar-refractivity contribution is 0.490. The van der Waals surface area contributed by atoms with Crippen LogP contribution < -0.4 is 4.90 Å². The van der Waals surface area contributed by atoms with E-state index in [1.54, 1.807) is 0 Å². The van der Waals surface area contributed by atoms with Crippen LogP contribution in [0.5, 0.6) is 0 Å². The molecule has 2 heteroatoms. The quantitative estimate of drug-likeness (QED) is 0.150. The SMILES string of the molecule is CCC1(CC)c2cc(N(c3ccc(-c4ccccc4-c4ccccc4)cc3)c3ccc(C(C)(C)C)cc3)ccc2-c2ccc(-n3c4ccccc4c4ccccc43)cc21. The molecule has 0 radical (unpaired) electrons. The average molecular weight is 763 g/mol. The third kappa shape index (κ3) is 6.00. The molecule has 288 valence electrons. The van der Waals surface area contributed by atoms with Crippen LogP contribution >= 0.6 is 0 Å². The van der Waals surface area contributed by atoms with Crippen LogP contribution in [-0.2, 0) is 10.8 Å². The van der Waals surface area contributed by atoms with Gasteiger partial charge in [-0.15, -0.1) is 0 Å². The van der Waals surface area contributed by atoms with Gasteiger partial charge in [0, 0.05) is 38.9 Å².